The van der Waals surface area contributed by atoms with E-state index in [9.17, 15) is 0 Å². The number of rotatable bonds is 1. The number of methoxy groups -OCH3 is 1. The highest BCUT2D eigenvalue weighted by Crippen LogP contribution is 2.28. The van der Waals surface area contributed by atoms with Gasteiger partial charge in [0.25, 0.3) is 0 Å². The minimum atomic E-state index is 0.644. The Hall–Kier alpha value is -2.29. The van der Waals surface area contributed by atoms with Gasteiger partial charge in [0.2, 0.25) is 0 Å². The summed E-state index contributed by atoms with van der Waals surface area (Å²) < 4.78 is 5.21. The molecule has 0 aliphatic carbocycles. The smallest absolute Gasteiger partial charge is 0.121 e. The quantitative estimate of drug-likeness (QED) is 0.510. The predicted molar refractivity (Wildman–Crippen MR) is 70.2 cm³/mol. The van der Waals surface area contributed by atoms with E-state index >= 15 is 0 Å². The van der Waals surface area contributed by atoms with E-state index in [0.717, 1.165) is 27.6 Å². The number of hydrogen-bond donors (Lipinski definition) is 1. The topological polar surface area (TPSA) is 48.1 Å². The van der Waals surface area contributed by atoms with Gasteiger partial charge in [0.1, 0.15) is 5.75 Å². The summed E-state index contributed by atoms with van der Waals surface area (Å²) in [6.45, 7) is 0. The summed E-state index contributed by atoms with van der Waals surface area (Å²) in [4.78, 5) is 4.57. The van der Waals surface area contributed by atoms with Gasteiger partial charge >= 0.3 is 0 Å². The van der Waals surface area contributed by atoms with E-state index in [0.29, 0.717) is 5.69 Å². The number of anilines is 1. The van der Waals surface area contributed by atoms with Gasteiger partial charge in [-0.25, -0.2) is 4.98 Å². The van der Waals surface area contributed by atoms with E-state index in [2.05, 4.69) is 11.1 Å². The first kappa shape index (κ1) is 9.90. The Morgan fingerprint density at radius 3 is 2.71 bits per heavy atom. The van der Waals surface area contributed by atoms with Gasteiger partial charge in [-0.15, -0.1) is 0 Å². The molecule has 1 aromatic heterocycles. The van der Waals surface area contributed by atoms with Crippen molar-refractivity contribution in [1.29, 1.82) is 0 Å². The van der Waals surface area contributed by atoms with Crippen LogP contribution in [0.2, 0.25) is 0 Å². The molecule has 0 aliphatic heterocycles. The molecule has 0 radical (unpaired) electrons. The fourth-order valence-electron chi connectivity index (χ4n) is 2.01. The summed E-state index contributed by atoms with van der Waals surface area (Å²) in [7, 11) is 1.63. The fraction of sp³-hybridized carbons (Fsp3) is 0.0714. The van der Waals surface area contributed by atoms with Crippen LogP contribution in [0.3, 0.4) is 0 Å². The molecule has 0 spiro atoms. The van der Waals surface area contributed by atoms with Crippen LogP contribution in [0, 0.1) is 0 Å². The zero-order chi connectivity index (χ0) is 11.8. The van der Waals surface area contributed by atoms with E-state index < -0.39 is 0 Å². The summed E-state index contributed by atoms with van der Waals surface area (Å²) in [6.07, 6.45) is 0. The van der Waals surface area contributed by atoms with E-state index in [-0.39, 0.29) is 0 Å². The first-order chi connectivity index (χ1) is 8.28. The second-order valence-corrected chi connectivity index (χ2v) is 3.97. The Morgan fingerprint density at radius 1 is 1.06 bits per heavy atom. The van der Waals surface area contributed by atoms with Gasteiger partial charge in [0, 0.05) is 16.8 Å². The van der Waals surface area contributed by atoms with Crippen molar-refractivity contribution in [2.75, 3.05) is 12.8 Å². The lowest BCUT2D eigenvalue weighted by Gasteiger charge is -2.07. The first-order valence-electron chi connectivity index (χ1n) is 5.41. The normalized spacial score (nSPS) is 10.9. The van der Waals surface area contributed by atoms with E-state index in [4.69, 9.17) is 10.5 Å². The largest absolute Gasteiger partial charge is 0.497 e. The highest BCUT2D eigenvalue weighted by molar-refractivity contribution is 5.98. The minimum absolute atomic E-state index is 0.644. The average Bonchev–Trinajstić information content (AvgIpc) is 2.36. The Balaban J connectivity index is 2.43. The lowest BCUT2D eigenvalue weighted by molar-refractivity contribution is 0.415. The molecule has 0 fully saturated rings. The van der Waals surface area contributed by atoms with Crippen molar-refractivity contribution in [3.05, 3.63) is 42.5 Å². The number of nitrogens with two attached hydrogens (primary N) is 1. The van der Waals surface area contributed by atoms with Gasteiger partial charge in [0.15, 0.2) is 0 Å². The van der Waals surface area contributed by atoms with E-state index in [1.165, 1.54) is 0 Å². The monoisotopic (exact) mass is 224 g/mol. The zero-order valence-electron chi connectivity index (χ0n) is 9.47. The van der Waals surface area contributed by atoms with Gasteiger partial charge < -0.3 is 10.5 Å². The number of nitrogens with zero attached hydrogens (tertiary/aromatic N) is 1. The maximum absolute atomic E-state index is 5.98. The molecule has 17 heavy (non-hydrogen) atoms. The molecule has 3 rings (SSSR count). The molecule has 3 aromatic rings. The zero-order valence-corrected chi connectivity index (χ0v) is 9.47. The van der Waals surface area contributed by atoms with Crippen molar-refractivity contribution in [2.24, 2.45) is 0 Å². The molecular weight excluding hydrogens is 212 g/mol. The van der Waals surface area contributed by atoms with Gasteiger partial charge in [-0.2, -0.15) is 0 Å². The molecule has 3 heteroatoms. The van der Waals surface area contributed by atoms with Crippen LogP contribution in [0.4, 0.5) is 5.69 Å². The molecule has 0 amide bonds. The maximum Gasteiger partial charge on any atom is 0.121 e. The lowest BCUT2D eigenvalue weighted by atomic mass is 10.1. The number of hydrogen-bond acceptors (Lipinski definition) is 3. The highest BCUT2D eigenvalue weighted by Gasteiger charge is 2.05. The lowest BCUT2D eigenvalue weighted by Crippen LogP contribution is -1.93. The first-order valence-corrected chi connectivity index (χ1v) is 5.41. The predicted octanol–water partition coefficient (Wildman–Crippen LogP) is 2.98. The average molecular weight is 224 g/mol. The molecule has 0 bridgehead atoms. The van der Waals surface area contributed by atoms with Crippen LogP contribution in [0.1, 0.15) is 0 Å². The number of ether oxygens (including phenoxy) is 1. The van der Waals surface area contributed by atoms with Crippen molar-refractivity contribution in [2.45, 2.75) is 0 Å². The summed E-state index contributed by atoms with van der Waals surface area (Å²) in [5.41, 5.74) is 8.40. The molecule has 2 aromatic carbocycles. The van der Waals surface area contributed by atoms with Crippen molar-refractivity contribution in [3.8, 4) is 5.75 Å². The Bertz CT molecular complexity index is 707. The third-order valence-corrected chi connectivity index (χ3v) is 2.86. The molecule has 0 saturated heterocycles. The molecule has 84 valence electrons. The van der Waals surface area contributed by atoms with Crippen LogP contribution in [0.15, 0.2) is 42.5 Å². The van der Waals surface area contributed by atoms with E-state index in [1.807, 2.05) is 30.3 Å². The number of pyridine rings is 1. The van der Waals surface area contributed by atoms with Crippen LogP contribution < -0.4 is 10.5 Å². The molecular formula is C14H12N2O. The fourth-order valence-corrected chi connectivity index (χ4v) is 2.01. The Labute approximate surface area is 98.8 Å². The minimum Gasteiger partial charge on any atom is -0.497 e. The SMILES string of the molecule is COc1cc(N)c2nc3ccccc3cc2c1. The maximum atomic E-state index is 5.98. The summed E-state index contributed by atoms with van der Waals surface area (Å²) >= 11 is 0. The van der Waals surface area contributed by atoms with Gasteiger partial charge in [-0.3, -0.25) is 0 Å². The molecule has 0 unspecified atom stereocenters. The van der Waals surface area contributed by atoms with Crippen LogP contribution in [0.5, 0.6) is 5.75 Å². The second kappa shape index (κ2) is 3.63. The Morgan fingerprint density at radius 2 is 1.88 bits per heavy atom. The van der Waals surface area contributed by atoms with E-state index in [1.54, 1.807) is 13.2 Å². The molecule has 3 nitrogen and oxygen atoms in total. The third-order valence-electron chi connectivity index (χ3n) is 2.86. The van der Waals surface area contributed by atoms with Crippen LogP contribution in [-0.2, 0) is 0 Å². The number of nitrogen functional groups attached to an aromatic ring is 1. The van der Waals surface area contributed by atoms with Crippen LogP contribution in [-0.4, -0.2) is 12.1 Å². The number of para-hydroxylation sites is 1. The van der Waals surface area contributed by atoms with Gasteiger partial charge in [-0.05, 0) is 18.2 Å². The molecule has 2 N–H and O–H groups in total. The van der Waals surface area contributed by atoms with Crippen molar-refractivity contribution in [3.63, 3.8) is 0 Å². The second-order valence-electron chi connectivity index (χ2n) is 3.97. The molecule has 0 aliphatic rings. The summed E-state index contributed by atoms with van der Waals surface area (Å²) in [5, 5.41) is 2.10. The Kier molecular flexibility index (Phi) is 2.11. The van der Waals surface area contributed by atoms with Crippen LogP contribution >= 0.6 is 0 Å². The molecule has 0 saturated carbocycles. The van der Waals surface area contributed by atoms with Gasteiger partial charge in [0.05, 0.1) is 23.8 Å². The standard InChI is InChI=1S/C14H12N2O/c1-17-11-7-10-6-9-4-2-3-5-13(9)16-14(10)12(15)8-11/h2-8H,15H2,1H3. The molecule has 1 heterocycles. The van der Waals surface area contributed by atoms with Crippen molar-refractivity contribution in [1.82, 2.24) is 4.98 Å². The third kappa shape index (κ3) is 1.56. The van der Waals surface area contributed by atoms with Crippen LogP contribution in [0.25, 0.3) is 21.8 Å². The van der Waals surface area contributed by atoms with Crippen molar-refractivity contribution < 1.29 is 4.74 Å². The highest BCUT2D eigenvalue weighted by atomic mass is 16.5. The van der Waals surface area contributed by atoms with Crippen molar-refractivity contribution >= 4 is 27.5 Å². The van der Waals surface area contributed by atoms with Gasteiger partial charge in [-0.1, -0.05) is 18.2 Å². The number of aromatic nitrogens is 1. The number of benzene rings is 2. The number of fused-ring (bicyclic) bond motifs is 2. The molecule has 0 atom stereocenters. The summed E-state index contributed by atoms with van der Waals surface area (Å²) in [6, 6.07) is 13.8. The summed E-state index contributed by atoms with van der Waals surface area (Å²) in [5.74, 6) is 0.757.